The summed E-state index contributed by atoms with van der Waals surface area (Å²) in [6, 6.07) is 0. The largest absolute Gasteiger partial charge is 0.393 e. The molecule has 0 aromatic rings. The lowest BCUT2D eigenvalue weighted by Crippen LogP contribution is -2.29. The molecule has 0 aromatic carbocycles. The van der Waals surface area contributed by atoms with E-state index in [9.17, 15) is 5.11 Å². The zero-order valence-electron chi connectivity index (χ0n) is 7.88. The van der Waals surface area contributed by atoms with E-state index in [1.807, 2.05) is 0 Å². The number of aliphatic hydroxyl groups is 1. The Morgan fingerprint density at radius 2 is 1.91 bits per heavy atom. The van der Waals surface area contributed by atoms with Crippen LogP contribution >= 0.6 is 0 Å². The third kappa shape index (κ3) is 2.19. The summed E-state index contributed by atoms with van der Waals surface area (Å²) in [5, 5.41) is 9.48. The molecule has 1 nitrogen and oxygen atoms in total. The summed E-state index contributed by atoms with van der Waals surface area (Å²) >= 11 is 0. The highest BCUT2D eigenvalue weighted by atomic mass is 16.3. The Hall–Kier alpha value is -0.0400. The maximum absolute atomic E-state index is 9.48. The Kier molecular flexibility index (Phi) is 2.94. The van der Waals surface area contributed by atoms with Crippen LogP contribution in [-0.2, 0) is 0 Å². The van der Waals surface area contributed by atoms with Gasteiger partial charge in [-0.1, -0.05) is 20.8 Å². The molecule has 1 aliphatic carbocycles. The molecule has 0 saturated heterocycles. The van der Waals surface area contributed by atoms with E-state index in [2.05, 4.69) is 20.8 Å². The topological polar surface area (TPSA) is 20.2 Å². The highest BCUT2D eigenvalue weighted by molar-refractivity contribution is 4.78. The molecule has 1 aliphatic rings. The molecule has 0 aliphatic heterocycles. The first-order valence-corrected chi connectivity index (χ1v) is 4.79. The summed E-state index contributed by atoms with van der Waals surface area (Å²) in [5.41, 5.74) is 0. The Labute approximate surface area is 69.8 Å². The van der Waals surface area contributed by atoms with Crippen molar-refractivity contribution < 1.29 is 5.11 Å². The van der Waals surface area contributed by atoms with Gasteiger partial charge in [-0.25, -0.2) is 0 Å². The van der Waals surface area contributed by atoms with Gasteiger partial charge < -0.3 is 5.11 Å². The molecule has 0 aromatic heterocycles. The fraction of sp³-hybridized carbons (Fsp3) is 1.00. The molecule has 1 heteroatoms. The molecule has 3 unspecified atom stereocenters. The van der Waals surface area contributed by atoms with Gasteiger partial charge in [0.25, 0.3) is 0 Å². The minimum absolute atomic E-state index is 0.0231. The van der Waals surface area contributed by atoms with Crippen molar-refractivity contribution in [3.05, 3.63) is 0 Å². The Balaban J connectivity index is 2.40. The molecule has 0 bridgehead atoms. The van der Waals surface area contributed by atoms with Crippen molar-refractivity contribution in [3.8, 4) is 0 Å². The van der Waals surface area contributed by atoms with Crippen molar-refractivity contribution in [2.75, 3.05) is 0 Å². The Bertz CT molecular complexity index is 120. The Morgan fingerprint density at radius 3 is 2.36 bits per heavy atom. The van der Waals surface area contributed by atoms with E-state index in [0.29, 0.717) is 5.92 Å². The van der Waals surface area contributed by atoms with E-state index in [1.54, 1.807) is 0 Å². The van der Waals surface area contributed by atoms with Gasteiger partial charge in [0.2, 0.25) is 0 Å². The summed E-state index contributed by atoms with van der Waals surface area (Å²) in [6.07, 6.45) is 3.44. The Morgan fingerprint density at radius 1 is 1.27 bits per heavy atom. The summed E-state index contributed by atoms with van der Waals surface area (Å²) in [4.78, 5) is 0. The van der Waals surface area contributed by atoms with Gasteiger partial charge in [0.15, 0.2) is 0 Å². The van der Waals surface area contributed by atoms with Gasteiger partial charge in [-0.3, -0.25) is 0 Å². The summed E-state index contributed by atoms with van der Waals surface area (Å²) in [7, 11) is 0. The highest BCUT2D eigenvalue weighted by Crippen LogP contribution is 2.33. The first-order chi connectivity index (χ1) is 5.11. The molecule has 1 N–H and O–H groups in total. The minimum atomic E-state index is -0.0231. The molecular weight excluding hydrogens is 136 g/mol. The van der Waals surface area contributed by atoms with Gasteiger partial charge in [0.05, 0.1) is 6.10 Å². The maximum atomic E-state index is 9.48. The predicted molar refractivity (Wildman–Crippen MR) is 47.3 cm³/mol. The summed E-state index contributed by atoms with van der Waals surface area (Å²) in [6.45, 7) is 6.74. The molecule has 1 fully saturated rings. The van der Waals surface area contributed by atoms with Crippen molar-refractivity contribution in [2.24, 2.45) is 17.8 Å². The van der Waals surface area contributed by atoms with Crippen LogP contribution in [-0.4, -0.2) is 11.2 Å². The standard InChI is InChI=1S/C10H20O/c1-7(2)9-4-5-10(11)8(3)6-9/h7-11H,4-6H2,1-3H3. The van der Waals surface area contributed by atoms with Crippen LogP contribution in [0.5, 0.6) is 0 Å². The van der Waals surface area contributed by atoms with Crippen molar-refractivity contribution >= 4 is 0 Å². The zero-order chi connectivity index (χ0) is 8.43. The lowest BCUT2D eigenvalue weighted by Gasteiger charge is -2.33. The predicted octanol–water partition coefficient (Wildman–Crippen LogP) is 2.44. The smallest absolute Gasteiger partial charge is 0.0566 e. The van der Waals surface area contributed by atoms with E-state index in [0.717, 1.165) is 18.3 Å². The van der Waals surface area contributed by atoms with Crippen LogP contribution in [0.3, 0.4) is 0 Å². The van der Waals surface area contributed by atoms with Gasteiger partial charge in [0.1, 0.15) is 0 Å². The first-order valence-electron chi connectivity index (χ1n) is 4.79. The average molecular weight is 156 g/mol. The average Bonchev–Trinajstić information content (AvgIpc) is 1.94. The molecule has 0 spiro atoms. The van der Waals surface area contributed by atoms with Crippen LogP contribution in [0, 0.1) is 17.8 Å². The molecule has 66 valence electrons. The lowest BCUT2D eigenvalue weighted by molar-refractivity contribution is 0.0465. The van der Waals surface area contributed by atoms with Crippen molar-refractivity contribution in [3.63, 3.8) is 0 Å². The van der Waals surface area contributed by atoms with E-state index >= 15 is 0 Å². The van der Waals surface area contributed by atoms with Crippen LogP contribution < -0.4 is 0 Å². The number of aliphatic hydroxyl groups excluding tert-OH is 1. The van der Waals surface area contributed by atoms with Crippen LogP contribution in [0.1, 0.15) is 40.0 Å². The third-order valence-electron chi connectivity index (χ3n) is 3.11. The molecule has 1 saturated carbocycles. The van der Waals surface area contributed by atoms with Crippen molar-refractivity contribution in [1.29, 1.82) is 0 Å². The van der Waals surface area contributed by atoms with Crippen molar-refractivity contribution in [1.82, 2.24) is 0 Å². The third-order valence-corrected chi connectivity index (χ3v) is 3.11. The summed E-state index contributed by atoms with van der Waals surface area (Å²) < 4.78 is 0. The van der Waals surface area contributed by atoms with E-state index in [1.165, 1.54) is 12.8 Å². The minimum Gasteiger partial charge on any atom is -0.393 e. The molecule has 0 heterocycles. The van der Waals surface area contributed by atoms with Gasteiger partial charge >= 0.3 is 0 Å². The van der Waals surface area contributed by atoms with E-state index in [4.69, 9.17) is 0 Å². The second-order valence-electron chi connectivity index (χ2n) is 4.36. The van der Waals surface area contributed by atoms with Crippen LogP contribution in [0.2, 0.25) is 0 Å². The SMILES string of the molecule is CC(C)C1CCC(O)C(C)C1. The fourth-order valence-corrected chi connectivity index (χ4v) is 2.03. The van der Waals surface area contributed by atoms with Crippen molar-refractivity contribution in [2.45, 2.75) is 46.1 Å². The number of hydrogen-bond acceptors (Lipinski definition) is 1. The molecule has 0 radical (unpaired) electrons. The number of hydrogen-bond donors (Lipinski definition) is 1. The zero-order valence-corrected chi connectivity index (χ0v) is 7.88. The first kappa shape index (κ1) is 9.05. The van der Waals surface area contributed by atoms with E-state index in [-0.39, 0.29) is 6.10 Å². The second-order valence-corrected chi connectivity index (χ2v) is 4.36. The van der Waals surface area contributed by atoms with Gasteiger partial charge in [-0.05, 0) is 37.0 Å². The van der Waals surface area contributed by atoms with Crippen LogP contribution in [0.15, 0.2) is 0 Å². The fourth-order valence-electron chi connectivity index (χ4n) is 2.03. The lowest BCUT2D eigenvalue weighted by atomic mass is 9.75. The van der Waals surface area contributed by atoms with Crippen LogP contribution in [0.4, 0.5) is 0 Å². The number of rotatable bonds is 1. The quantitative estimate of drug-likeness (QED) is 0.618. The second kappa shape index (κ2) is 3.57. The van der Waals surface area contributed by atoms with Gasteiger partial charge in [-0.15, -0.1) is 0 Å². The van der Waals surface area contributed by atoms with Gasteiger partial charge in [0, 0.05) is 0 Å². The molecule has 1 rings (SSSR count). The maximum Gasteiger partial charge on any atom is 0.0566 e. The molecule has 11 heavy (non-hydrogen) atoms. The monoisotopic (exact) mass is 156 g/mol. The molecule has 3 atom stereocenters. The van der Waals surface area contributed by atoms with E-state index < -0.39 is 0 Å². The highest BCUT2D eigenvalue weighted by Gasteiger charge is 2.27. The normalized spacial score (nSPS) is 39.5. The summed E-state index contributed by atoms with van der Waals surface area (Å²) in [5.74, 6) is 2.18. The molecular formula is C10H20O. The van der Waals surface area contributed by atoms with Gasteiger partial charge in [-0.2, -0.15) is 0 Å². The molecule has 0 amide bonds. The van der Waals surface area contributed by atoms with Crippen LogP contribution in [0.25, 0.3) is 0 Å².